The molecule has 0 radical (unpaired) electrons. The van der Waals surface area contributed by atoms with E-state index < -0.39 is 12.0 Å². The third-order valence-electron chi connectivity index (χ3n) is 1.90. The van der Waals surface area contributed by atoms with E-state index in [-0.39, 0.29) is 0 Å². The van der Waals surface area contributed by atoms with Gasteiger partial charge in [-0.2, -0.15) is 0 Å². The summed E-state index contributed by atoms with van der Waals surface area (Å²) < 4.78 is 0. The van der Waals surface area contributed by atoms with Gasteiger partial charge >= 0.3 is 5.97 Å². The third kappa shape index (κ3) is 6.48. The molecule has 0 heterocycles. The van der Waals surface area contributed by atoms with Gasteiger partial charge in [-0.15, -0.1) is 0 Å². The first-order valence-corrected chi connectivity index (χ1v) is 5.06. The molecule has 0 saturated heterocycles. The van der Waals surface area contributed by atoms with Gasteiger partial charge in [-0.1, -0.05) is 13.0 Å². The van der Waals surface area contributed by atoms with Crippen molar-refractivity contribution in [2.75, 3.05) is 6.54 Å². The molecule has 0 aliphatic carbocycles. The van der Waals surface area contributed by atoms with Gasteiger partial charge in [0.15, 0.2) is 0 Å². The van der Waals surface area contributed by atoms with E-state index in [0.29, 0.717) is 13.0 Å². The predicted octanol–water partition coefficient (Wildman–Crippen LogP) is 1.08. The predicted molar refractivity (Wildman–Crippen MR) is 56.9 cm³/mol. The maximum atomic E-state index is 10.8. The van der Waals surface area contributed by atoms with Crippen LogP contribution < -0.4 is 11.1 Å². The molecule has 4 N–H and O–H groups in total. The molecular formula is C10H20N2O2. The van der Waals surface area contributed by atoms with Crippen LogP contribution >= 0.6 is 0 Å². The van der Waals surface area contributed by atoms with E-state index in [1.54, 1.807) is 6.20 Å². The second-order valence-electron chi connectivity index (χ2n) is 3.15. The first-order valence-electron chi connectivity index (χ1n) is 5.06. The average Bonchev–Trinajstić information content (AvgIpc) is 2.15. The largest absolute Gasteiger partial charge is 0.480 e. The van der Waals surface area contributed by atoms with Gasteiger partial charge in [0.05, 0.1) is 0 Å². The minimum atomic E-state index is -0.803. The number of allylic oxidation sites excluding steroid dienone is 1. The molecular weight excluding hydrogens is 180 g/mol. The molecule has 1 atom stereocenters. The van der Waals surface area contributed by atoms with E-state index in [2.05, 4.69) is 5.32 Å². The van der Waals surface area contributed by atoms with Crippen molar-refractivity contribution in [3.8, 4) is 0 Å². The summed E-state index contributed by atoms with van der Waals surface area (Å²) in [4.78, 5) is 10.8. The zero-order chi connectivity index (χ0) is 10.8. The smallest absolute Gasteiger partial charge is 0.326 e. The minimum absolute atomic E-state index is 0.482. The van der Waals surface area contributed by atoms with Crippen LogP contribution in [0.25, 0.3) is 0 Å². The molecule has 14 heavy (non-hydrogen) atoms. The lowest BCUT2D eigenvalue weighted by Gasteiger charge is -2.11. The van der Waals surface area contributed by atoms with E-state index in [9.17, 15) is 4.79 Å². The molecule has 0 bridgehead atoms. The molecule has 0 rings (SSSR count). The number of nitrogens with two attached hydrogens (primary N) is 1. The van der Waals surface area contributed by atoms with Crippen LogP contribution in [-0.2, 0) is 4.79 Å². The fraction of sp³-hybridized carbons (Fsp3) is 0.700. The first kappa shape index (κ1) is 13.0. The van der Waals surface area contributed by atoms with Crippen molar-refractivity contribution in [1.82, 2.24) is 5.32 Å². The van der Waals surface area contributed by atoms with E-state index in [0.717, 1.165) is 19.3 Å². The summed E-state index contributed by atoms with van der Waals surface area (Å²) in [6, 6.07) is -0.482. The molecule has 0 unspecified atom stereocenters. The highest BCUT2D eigenvalue weighted by Gasteiger charge is 2.13. The molecule has 4 nitrogen and oxygen atoms in total. The summed E-state index contributed by atoms with van der Waals surface area (Å²) in [7, 11) is 0. The number of carbonyl (C=O) groups is 1. The summed E-state index contributed by atoms with van der Waals surface area (Å²) in [6.07, 6.45) is 6.87. The molecule has 0 aromatic rings. The number of rotatable bonds is 8. The van der Waals surface area contributed by atoms with Crippen molar-refractivity contribution < 1.29 is 9.90 Å². The van der Waals surface area contributed by atoms with E-state index in [1.165, 1.54) is 0 Å². The lowest BCUT2D eigenvalue weighted by atomic mass is 10.1. The fourth-order valence-corrected chi connectivity index (χ4v) is 1.07. The number of carboxylic acid groups (broad SMARTS) is 1. The Morgan fingerprint density at radius 1 is 1.57 bits per heavy atom. The summed E-state index contributed by atoms with van der Waals surface area (Å²) in [5, 5.41) is 11.7. The Bertz CT molecular complexity index is 181. The standard InChI is InChI=1S/C10H20N2O2/c1-2-3-8-12-9(10(13)14)6-4-5-7-11/h3,8-9,12H,2,4-7,11H2,1H3,(H,13,14)/t9-/m0/s1. The number of nitrogens with one attached hydrogen (secondary N) is 1. The molecule has 0 aromatic carbocycles. The zero-order valence-corrected chi connectivity index (χ0v) is 8.70. The lowest BCUT2D eigenvalue weighted by Crippen LogP contribution is -2.33. The van der Waals surface area contributed by atoms with Crippen molar-refractivity contribution in [3.63, 3.8) is 0 Å². The number of carboxylic acids is 1. The number of unbranched alkanes of at least 4 members (excludes halogenated alkanes) is 1. The van der Waals surface area contributed by atoms with Gasteiger partial charge in [-0.3, -0.25) is 0 Å². The van der Waals surface area contributed by atoms with Crippen molar-refractivity contribution in [1.29, 1.82) is 0 Å². The average molecular weight is 200 g/mol. The van der Waals surface area contributed by atoms with Crippen LogP contribution in [0.2, 0.25) is 0 Å². The Balaban J connectivity index is 3.78. The van der Waals surface area contributed by atoms with Crippen LogP contribution in [0.15, 0.2) is 12.3 Å². The molecule has 0 amide bonds. The zero-order valence-electron chi connectivity index (χ0n) is 8.70. The molecule has 0 aliphatic rings. The molecule has 0 aliphatic heterocycles. The topological polar surface area (TPSA) is 75.3 Å². The van der Waals surface area contributed by atoms with Crippen LogP contribution in [0, 0.1) is 0 Å². The Labute approximate surface area is 85.2 Å². The maximum Gasteiger partial charge on any atom is 0.326 e. The summed E-state index contributed by atoms with van der Waals surface area (Å²) in [6.45, 7) is 2.62. The monoisotopic (exact) mass is 200 g/mol. The summed E-state index contributed by atoms with van der Waals surface area (Å²) in [5.74, 6) is -0.803. The summed E-state index contributed by atoms with van der Waals surface area (Å²) >= 11 is 0. The van der Waals surface area contributed by atoms with Crippen molar-refractivity contribution >= 4 is 5.97 Å². The van der Waals surface area contributed by atoms with Crippen LogP contribution in [0.5, 0.6) is 0 Å². The van der Waals surface area contributed by atoms with Gasteiger partial charge < -0.3 is 16.2 Å². The van der Waals surface area contributed by atoms with Gasteiger partial charge in [-0.25, -0.2) is 4.79 Å². The normalized spacial score (nSPS) is 13.0. The Morgan fingerprint density at radius 2 is 2.29 bits per heavy atom. The molecule has 0 aromatic heterocycles. The summed E-state index contributed by atoms with van der Waals surface area (Å²) in [5.41, 5.74) is 5.33. The van der Waals surface area contributed by atoms with Gasteiger partial charge in [0.2, 0.25) is 0 Å². The highest BCUT2D eigenvalue weighted by Crippen LogP contribution is 2.00. The number of aliphatic carboxylic acids is 1. The van der Waals surface area contributed by atoms with Gasteiger partial charge in [0.1, 0.15) is 6.04 Å². The molecule has 82 valence electrons. The van der Waals surface area contributed by atoms with Gasteiger partial charge in [-0.05, 0) is 38.4 Å². The Morgan fingerprint density at radius 3 is 2.79 bits per heavy atom. The van der Waals surface area contributed by atoms with Gasteiger partial charge in [0, 0.05) is 0 Å². The molecule has 4 heteroatoms. The minimum Gasteiger partial charge on any atom is -0.480 e. The quantitative estimate of drug-likeness (QED) is 0.512. The highest BCUT2D eigenvalue weighted by molar-refractivity contribution is 5.73. The third-order valence-corrected chi connectivity index (χ3v) is 1.90. The highest BCUT2D eigenvalue weighted by atomic mass is 16.4. The molecule has 0 fully saturated rings. The van der Waals surface area contributed by atoms with Gasteiger partial charge in [0.25, 0.3) is 0 Å². The van der Waals surface area contributed by atoms with Crippen LogP contribution in [0.4, 0.5) is 0 Å². The second-order valence-corrected chi connectivity index (χ2v) is 3.15. The van der Waals surface area contributed by atoms with Crippen LogP contribution in [-0.4, -0.2) is 23.7 Å². The SMILES string of the molecule is CCC=CN[C@@H](CCCCN)C(=O)O. The van der Waals surface area contributed by atoms with Crippen molar-refractivity contribution in [3.05, 3.63) is 12.3 Å². The number of hydrogen-bond donors (Lipinski definition) is 3. The van der Waals surface area contributed by atoms with Crippen LogP contribution in [0.1, 0.15) is 32.6 Å². The fourth-order valence-electron chi connectivity index (χ4n) is 1.07. The van der Waals surface area contributed by atoms with E-state index in [1.807, 2.05) is 13.0 Å². The maximum absolute atomic E-state index is 10.8. The van der Waals surface area contributed by atoms with E-state index in [4.69, 9.17) is 10.8 Å². The second kappa shape index (κ2) is 8.56. The molecule has 0 spiro atoms. The Hall–Kier alpha value is -1.03. The van der Waals surface area contributed by atoms with Crippen LogP contribution in [0.3, 0.4) is 0 Å². The van der Waals surface area contributed by atoms with Crippen molar-refractivity contribution in [2.24, 2.45) is 5.73 Å². The molecule has 0 saturated carbocycles. The van der Waals surface area contributed by atoms with Crippen molar-refractivity contribution in [2.45, 2.75) is 38.6 Å². The first-order chi connectivity index (χ1) is 6.72. The number of hydrogen-bond acceptors (Lipinski definition) is 3. The lowest BCUT2D eigenvalue weighted by molar-refractivity contribution is -0.139. The Kier molecular flexibility index (Phi) is 7.93. The van der Waals surface area contributed by atoms with E-state index >= 15 is 0 Å².